The molecule has 3 heterocycles. The average Bonchev–Trinajstić information content (AvgIpc) is 2.91. The minimum absolute atomic E-state index is 0.104. The van der Waals surface area contributed by atoms with Crippen LogP contribution in [0.4, 0.5) is 4.39 Å². The molecule has 0 amide bonds. The van der Waals surface area contributed by atoms with Gasteiger partial charge in [0, 0.05) is 17.8 Å². The Hall–Kier alpha value is -2.34. The normalized spacial score (nSPS) is 33.1. The number of fused-ring (bicyclic) bond motifs is 1. The number of ether oxygens (including phenoxy) is 1. The van der Waals surface area contributed by atoms with E-state index in [1.54, 1.807) is 19.1 Å². The maximum atomic E-state index is 15.2. The summed E-state index contributed by atoms with van der Waals surface area (Å²) in [4.78, 5) is 25.0. The SMILES string of the molecule is Cc1ccc2c(c1)OP(=O)(OC[C@@]1(F)O[C@@H](n3ccc(=O)[nH]c3=O)[C@H](O)[C@@H]1O)OC2. The lowest BCUT2D eigenvalue weighted by molar-refractivity contribution is -0.205. The number of aromatic amines is 1. The summed E-state index contributed by atoms with van der Waals surface area (Å²) in [5, 5.41) is 20.3. The van der Waals surface area contributed by atoms with E-state index >= 15 is 4.39 Å². The van der Waals surface area contributed by atoms with Gasteiger partial charge < -0.3 is 19.5 Å². The highest BCUT2D eigenvalue weighted by Gasteiger charge is 2.57. The Morgan fingerprint density at radius 2 is 2.13 bits per heavy atom. The zero-order valence-electron chi connectivity index (χ0n) is 15.6. The number of H-pyrrole nitrogens is 1. The molecular weight excluding hydrogens is 426 g/mol. The van der Waals surface area contributed by atoms with E-state index in [1.807, 2.05) is 11.1 Å². The first-order valence-corrected chi connectivity index (χ1v) is 10.3. The summed E-state index contributed by atoms with van der Waals surface area (Å²) in [6.07, 6.45) is -4.74. The van der Waals surface area contributed by atoms with Gasteiger partial charge in [-0.1, -0.05) is 12.1 Å². The van der Waals surface area contributed by atoms with Crippen LogP contribution in [0.3, 0.4) is 0 Å². The van der Waals surface area contributed by atoms with Gasteiger partial charge in [0.2, 0.25) is 0 Å². The van der Waals surface area contributed by atoms with E-state index in [-0.39, 0.29) is 12.4 Å². The molecule has 30 heavy (non-hydrogen) atoms. The highest BCUT2D eigenvalue weighted by Crippen LogP contribution is 2.55. The number of hydrogen-bond acceptors (Lipinski definition) is 9. The van der Waals surface area contributed by atoms with E-state index in [4.69, 9.17) is 18.3 Å². The zero-order valence-corrected chi connectivity index (χ0v) is 16.5. The van der Waals surface area contributed by atoms with Crippen LogP contribution in [0.5, 0.6) is 5.75 Å². The van der Waals surface area contributed by atoms with Crippen molar-refractivity contribution in [1.82, 2.24) is 9.55 Å². The van der Waals surface area contributed by atoms with Crippen molar-refractivity contribution >= 4 is 7.82 Å². The minimum atomic E-state index is -4.24. The van der Waals surface area contributed by atoms with Crippen LogP contribution < -0.4 is 15.8 Å². The summed E-state index contributed by atoms with van der Waals surface area (Å²) >= 11 is 0. The first-order valence-electron chi connectivity index (χ1n) is 8.83. The highest BCUT2D eigenvalue weighted by molar-refractivity contribution is 7.49. The molecule has 3 N–H and O–H groups in total. The van der Waals surface area contributed by atoms with Crippen LogP contribution in [0.15, 0.2) is 40.1 Å². The van der Waals surface area contributed by atoms with Gasteiger partial charge in [0.25, 0.3) is 11.4 Å². The number of aryl methyl sites for hydroxylation is 1. The molecule has 2 aromatic rings. The quantitative estimate of drug-likeness (QED) is 0.573. The Balaban J connectivity index is 1.51. The number of phosphoric ester groups is 1. The fourth-order valence-electron chi connectivity index (χ4n) is 3.11. The van der Waals surface area contributed by atoms with Crippen LogP contribution in [0.25, 0.3) is 0 Å². The molecule has 0 aliphatic carbocycles. The zero-order chi connectivity index (χ0) is 21.7. The van der Waals surface area contributed by atoms with Crippen LogP contribution >= 0.6 is 7.82 Å². The fraction of sp³-hybridized carbons (Fsp3) is 0.412. The molecular formula is C17H18FN2O9P. The number of phosphoric acid groups is 1. The predicted octanol–water partition coefficient (Wildman–Crippen LogP) is 0.495. The first-order chi connectivity index (χ1) is 14.1. The number of nitrogens with one attached hydrogen (secondary N) is 1. The molecule has 4 rings (SSSR count). The summed E-state index contributed by atoms with van der Waals surface area (Å²) in [7, 11) is -4.24. The van der Waals surface area contributed by atoms with Crippen molar-refractivity contribution < 1.29 is 37.5 Å². The number of alkyl halides is 1. The third-order valence-corrected chi connectivity index (χ3v) is 6.04. The lowest BCUT2D eigenvalue weighted by atomic mass is 10.1. The van der Waals surface area contributed by atoms with Gasteiger partial charge in [-0.05, 0) is 18.6 Å². The molecule has 1 unspecified atom stereocenters. The van der Waals surface area contributed by atoms with E-state index in [9.17, 15) is 24.4 Å². The molecule has 5 atom stereocenters. The lowest BCUT2D eigenvalue weighted by Crippen LogP contribution is -2.43. The Morgan fingerprint density at radius 1 is 1.37 bits per heavy atom. The number of rotatable bonds is 4. The van der Waals surface area contributed by atoms with Crippen LogP contribution in [0, 0.1) is 6.92 Å². The maximum absolute atomic E-state index is 15.2. The number of benzene rings is 1. The molecule has 1 aromatic heterocycles. The van der Waals surface area contributed by atoms with Crippen molar-refractivity contribution in [1.29, 1.82) is 0 Å². The summed E-state index contributed by atoms with van der Waals surface area (Å²) in [5.41, 5.74) is -0.242. The number of aliphatic hydroxyl groups is 2. The van der Waals surface area contributed by atoms with Gasteiger partial charge in [-0.3, -0.25) is 23.4 Å². The Bertz CT molecular complexity index is 1130. The standard InChI is InChI=1S/C17H18FN2O9P/c1-9-2-3-10-7-26-30(25,29-11(10)6-9)27-8-17(18)14(23)13(22)15(28-17)20-5-4-12(21)19-16(20)24/h2-6,13-15,22-23H,7-8H2,1H3,(H,19,21,24)/t13-,14+,15-,17-,30?/m1/s1. The smallest absolute Gasteiger partial charge is 0.404 e. The van der Waals surface area contributed by atoms with Gasteiger partial charge in [-0.2, -0.15) is 0 Å². The molecule has 1 aromatic carbocycles. The molecule has 162 valence electrons. The molecule has 0 radical (unpaired) electrons. The largest absolute Gasteiger partial charge is 0.530 e. The molecule has 2 aliphatic heterocycles. The molecule has 11 nitrogen and oxygen atoms in total. The van der Waals surface area contributed by atoms with Gasteiger partial charge in [0.15, 0.2) is 6.23 Å². The topological polar surface area (TPSA) is 149 Å². The van der Waals surface area contributed by atoms with Crippen molar-refractivity contribution in [2.45, 2.75) is 37.8 Å². The fourth-order valence-corrected chi connectivity index (χ4v) is 4.33. The van der Waals surface area contributed by atoms with Gasteiger partial charge >= 0.3 is 13.5 Å². The number of hydrogen-bond donors (Lipinski definition) is 3. The van der Waals surface area contributed by atoms with E-state index in [0.717, 1.165) is 17.8 Å². The monoisotopic (exact) mass is 444 g/mol. The molecule has 0 spiro atoms. The number of halogens is 1. The summed E-state index contributed by atoms with van der Waals surface area (Å²) in [6.45, 7) is 0.566. The van der Waals surface area contributed by atoms with Crippen LogP contribution in [-0.4, -0.2) is 44.4 Å². The predicted molar refractivity (Wildman–Crippen MR) is 97.5 cm³/mol. The van der Waals surface area contributed by atoms with Crippen LogP contribution in [-0.2, 0) is 25.0 Å². The summed E-state index contributed by atoms with van der Waals surface area (Å²) in [5.74, 6) is -2.79. The molecule has 1 fully saturated rings. The number of aromatic nitrogens is 2. The third kappa shape index (κ3) is 3.73. The van der Waals surface area contributed by atoms with Crippen molar-refractivity contribution in [3.05, 3.63) is 62.4 Å². The van der Waals surface area contributed by atoms with Gasteiger partial charge in [0.1, 0.15) is 24.6 Å². The second kappa shape index (κ2) is 7.41. The summed E-state index contributed by atoms with van der Waals surface area (Å²) in [6, 6.07) is 6.10. The number of aliphatic hydroxyl groups excluding tert-OH is 2. The molecule has 0 bridgehead atoms. The highest BCUT2D eigenvalue weighted by atomic mass is 31.2. The van der Waals surface area contributed by atoms with E-state index in [0.29, 0.717) is 10.1 Å². The number of nitrogens with zero attached hydrogens (tertiary/aromatic N) is 1. The second-order valence-electron chi connectivity index (χ2n) is 6.94. The minimum Gasteiger partial charge on any atom is -0.404 e. The van der Waals surface area contributed by atoms with E-state index < -0.39 is 50.0 Å². The Kier molecular flexibility index (Phi) is 5.17. The maximum Gasteiger partial charge on any atom is 0.530 e. The summed E-state index contributed by atoms with van der Waals surface area (Å²) < 4.78 is 49.0. The third-order valence-electron chi connectivity index (χ3n) is 4.73. The van der Waals surface area contributed by atoms with Crippen molar-refractivity contribution in [3.8, 4) is 5.75 Å². The first kappa shape index (κ1) is 20.9. The van der Waals surface area contributed by atoms with Crippen molar-refractivity contribution in [3.63, 3.8) is 0 Å². The van der Waals surface area contributed by atoms with Gasteiger partial charge in [0.05, 0.1) is 6.61 Å². The molecule has 0 saturated carbocycles. The van der Waals surface area contributed by atoms with E-state index in [1.165, 1.54) is 0 Å². The molecule has 1 saturated heterocycles. The molecule has 2 aliphatic rings. The van der Waals surface area contributed by atoms with Crippen LogP contribution in [0.1, 0.15) is 17.4 Å². The van der Waals surface area contributed by atoms with Crippen LogP contribution in [0.2, 0.25) is 0 Å². The van der Waals surface area contributed by atoms with Gasteiger partial charge in [-0.25, -0.2) is 13.8 Å². The van der Waals surface area contributed by atoms with E-state index in [2.05, 4.69) is 0 Å². The van der Waals surface area contributed by atoms with Crippen molar-refractivity contribution in [2.75, 3.05) is 6.61 Å². The van der Waals surface area contributed by atoms with Gasteiger partial charge in [-0.15, -0.1) is 0 Å². The van der Waals surface area contributed by atoms with Crippen molar-refractivity contribution in [2.24, 2.45) is 0 Å². The average molecular weight is 444 g/mol. The second-order valence-corrected chi connectivity index (χ2v) is 8.54. The Labute approximate surface area is 168 Å². The Morgan fingerprint density at radius 3 is 2.87 bits per heavy atom. The molecule has 13 heteroatoms. The lowest BCUT2D eigenvalue weighted by Gasteiger charge is -2.28.